The van der Waals surface area contributed by atoms with E-state index in [4.69, 9.17) is 14.2 Å². The molecule has 3 aromatic rings. The summed E-state index contributed by atoms with van der Waals surface area (Å²) in [4.78, 5) is 24.9. The maximum absolute atomic E-state index is 12.0. The third kappa shape index (κ3) is 5.24. The Kier molecular flexibility index (Phi) is 6.39. The van der Waals surface area contributed by atoms with Crippen LogP contribution >= 0.6 is 11.8 Å². The largest absolute Gasteiger partial charge is 0.486 e. The smallest absolute Gasteiger partial charge is 0.316 e. The number of rotatable bonds is 7. The molecular formula is C23H21NO5S. The van der Waals surface area contributed by atoms with Crippen molar-refractivity contribution in [2.24, 2.45) is 0 Å². The molecule has 154 valence electrons. The topological polar surface area (TPSA) is 73.9 Å². The van der Waals surface area contributed by atoms with Crippen molar-refractivity contribution in [2.45, 2.75) is 11.0 Å². The van der Waals surface area contributed by atoms with E-state index in [9.17, 15) is 9.59 Å². The van der Waals surface area contributed by atoms with Crippen molar-refractivity contribution in [3.05, 3.63) is 66.7 Å². The number of hydrogen-bond acceptors (Lipinski definition) is 6. The molecule has 0 saturated heterocycles. The predicted molar refractivity (Wildman–Crippen MR) is 115 cm³/mol. The van der Waals surface area contributed by atoms with Crippen LogP contribution in [0.25, 0.3) is 10.8 Å². The number of benzene rings is 3. The number of ether oxygens (including phenoxy) is 3. The minimum atomic E-state index is -0.436. The standard InChI is InChI=1S/C23H21NO5S/c25-22(24-12-18-13-27-20-7-3-4-8-21(20)29-18)14-28-23(26)15-30-19-10-9-16-5-1-2-6-17(16)11-19/h1-11,18H,12-15H2,(H,24,25). The van der Waals surface area contributed by atoms with Gasteiger partial charge < -0.3 is 19.5 Å². The van der Waals surface area contributed by atoms with E-state index in [1.165, 1.54) is 11.8 Å². The van der Waals surface area contributed by atoms with Crippen molar-refractivity contribution in [3.8, 4) is 11.5 Å². The highest BCUT2D eigenvalue weighted by Gasteiger charge is 2.21. The van der Waals surface area contributed by atoms with E-state index in [2.05, 4.69) is 5.32 Å². The maximum Gasteiger partial charge on any atom is 0.316 e. The zero-order valence-corrected chi connectivity index (χ0v) is 17.0. The highest BCUT2D eigenvalue weighted by molar-refractivity contribution is 8.00. The molecule has 0 saturated carbocycles. The number of amides is 1. The summed E-state index contributed by atoms with van der Waals surface area (Å²) in [5.41, 5.74) is 0. The molecule has 1 aliphatic heterocycles. The number of hydrogen-bond donors (Lipinski definition) is 1. The minimum Gasteiger partial charge on any atom is -0.486 e. The van der Waals surface area contributed by atoms with Gasteiger partial charge in [0.25, 0.3) is 5.91 Å². The molecule has 0 aromatic heterocycles. The van der Waals surface area contributed by atoms with Crippen LogP contribution in [0.1, 0.15) is 0 Å². The van der Waals surface area contributed by atoms with Crippen molar-refractivity contribution in [1.29, 1.82) is 0 Å². The van der Waals surface area contributed by atoms with Crippen LogP contribution in [0.2, 0.25) is 0 Å². The van der Waals surface area contributed by atoms with Crippen LogP contribution in [-0.4, -0.2) is 43.5 Å². The highest BCUT2D eigenvalue weighted by atomic mass is 32.2. The monoisotopic (exact) mass is 423 g/mol. The number of nitrogens with one attached hydrogen (secondary N) is 1. The second-order valence-electron chi connectivity index (χ2n) is 6.76. The summed E-state index contributed by atoms with van der Waals surface area (Å²) < 4.78 is 16.4. The molecule has 4 rings (SSSR count). The van der Waals surface area contributed by atoms with Crippen molar-refractivity contribution >= 4 is 34.4 Å². The lowest BCUT2D eigenvalue weighted by molar-refractivity contribution is -0.146. The average Bonchev–Trinajstić information content (AvgIpc) is 2.79. The van der Waals surface area contributed by atoms with Gasteiger partial charge in [0.1, 0.15) is 12.7 Å². The second kappa shape index (κ2) is 9.54. The second-order valence-corrected chi connectivity index (χ2v) is 7.81. The number of thioether (sulfide) groups is 1. The Balaban J connectivity index is 1.16. The predicted octanol–water partition coefficient (Wildman–Crippen LogP) is 3.43. The summed E-state index contributed by atoms with van der Waals surface area (Å²) in [6.45, 7) is 0.303. The van der Waals surface area contributed by atoms with Crippen LogP contribution in [0.3, 0.4) is 0 Å². The van der Waals surface area contributed by atoms with Crippen LogP contribution in [0, 0.1) is 0 Å². The summed E-state index contributed by atoms with van der Waals surface area (Å²) in [5.74, 6) is 0.677. The first-order valence-corrected chi connectivity index (χ1v) is 10.6. The van der Waals surface area contributed by atoms with E-state index in [0.717, 1.165) is 15.7 Å². The molecule has 0 radical (unpaired) electrons. The zero-order valence-electron chi connectivity index (χ0n) is 16.2. The van der Waals surface area contributed by atoms with Crippen LogP contribution in [0.5, 0.6) is 11.5 Å². The number of carbonyl (C=O) groups excluding carboxylic acids is 2. The molecule has 1 atom stereocenters. The van der Waals surface area contributed by atoms with E-state index >= 15 is 0 Å². The summed E-state index contributed by atoms with van der Waals surface area (Å²) in [6.07, 6.45) is -0.289. The molecule has 1 unspecified atom stereocenters. The van der Waals surface area contributed by atoms with Gasteiger partial charge in [-0.1, -0.05) is 42.5 Å². The van der Waals surface area contributed by atoms with Gasteiger partial charge in [-0.05, 0) is 35.0 Å². The number of carbonyl (C=O) groups is 2. The van der Waals surface area contributed by atoms with Gasteiger partial charge in [0, 0.05) is 4.90 Å². The third-order valence-corrected chi connectivity index (χ3v) is 5.50. The first-order chi connectivity index (χ1) is 14.7. The lowest BCUT2D eigenvalue weighted by Gasteiger charge is -2.26. The lowest BCUT2D eigenvalue weighted by Crippen LogP contribution is -2.42. The van der Waals surface area contributed by atoms with E-state index in [1.54, 1.807) is 0 Å². The lowest BCUT2D eigenvalue weighted by atomic mass is 10.1. The van der Waals surface area contributed by atoms with E-state index in [-0.39, 0.29) is 30.9 Å². The number of esters is 1. The van der Waals surface area contributed by atoms with Gasteiger partial charge in [0.2, 0.25) is 0 Å². The van der Waals surface area contributed by atoms with Crippen molar-refractivity contribution < 1.29 is 23.8 Å². The fourth-order valence-electron chi connectivity index (χ4n) is 3.03. The summed E-state index contributed by atoms with van der Waals surface area (Å²) in [6, 6.07) is 21.4. The Labute approximate surface area is 178 Å². The molecule has 7 heteroatoms. The zero-order chi connectivity index (χ0) is 20.8. The fourth-order valence-corrected chi connectivity index (χ4v) is 3.77. The van der Waals surface area contributed by atoms with Gasteiger partial charge in [-0.15, -0.1) is 11.8 Å². The highest BCUT2D eigenvalue weighted by Crippen LogP contribution is 2.30. The molecular weight excluding hydrogens is 402 g/mol. The number of fused-ring (bicyclic) bond motifs is 2. The van der Waals surface area contributed by atoms with Crippen LogP contribution in [-0.2, 0) is 14.3 Å². The van der Waals surface area contributed by atoms with Gasteiger partial charge in [0.15, 0.2) is 18.1 Å². The third-order valence-electron chi connectivity index (χ3n) is 4.54. The van der Waals surface area contributed by atoms with E-state index in [1.807, 2.05) is 66.7 Å². The van der Waals surface area contributed by atoms with Gasteiger partial charge in [-0.2, -0.15) is 0 Å². The molecule has 1 amide bonds. The number of para-hydroxylation sites is 2. The minimum absolute atomic E-state index is 0.141. The van der Waals surface area contributed by atoms with E-state index < -0.39 is 5.97 Å². The van der Waals surface area contributed by atoms with Crippen LogP contribution < -0.4 is 14.8 Å². The van der Waals surface area contributed by atoms with Crippen LogP contribution in [0.15, 0.2) is 71.6 Å². The van der Waals surface area contributed by atoms with Crippen molar-refractivity contribution in [2.75, 3.05) is 25.5 Å². The molecule has 6 nitrogen and oxygen atoms in total. The Morgan fingerprint density at radius 3 is 2.63 bits per heavy atom. The van der Waals surface area contributed by atoms with Gasteiger partial charge >= 0.3 is 5.97 Å². The Bertz CT molecular complexity index is 1050. The SMILES string of the molecule is O=C(COC(=O)CSc1ccc2ccccc2c1)NCC1COc2ccccc2O1. The molecule has 30 heavy (non-hydrogen) atoms. The fraction of sp³-hybridized carbons (Fsp3) is 0.217. The molecule has 0 fully saturated rings. The van der Waals surface area contributed by atoms with Gasteiger partial charge in [0.05, 0.1) is 12.3 Å². The van der Waals surface area contributed by atoms with Crippen molar-refractivity contribution in [3.63, 3.8) is 0 Å². The van der Waals surface area contributed by atoms with Crippen molar-refractivity contribution in [1.82, 2.24) is 5.32 Å². The Morgan fingerprint density at radius 1 is 1.00 bits per heavy atom. The van der Waals surface area contributed by atoms with Gasteiger partial charge in [-0.25, -0.2) is 0 Å². The summed E-state index contributed by atoms with van der Waals surface area (Å²) in [5, 5.41) is 4.97. The van der Waals surface area contributed by atoms with Crippen LogP contribution in [0.4, 0.5) is 0 Å². The summed E-state index contributed by atoms with van der Waals surface area (Å²) in [7, 11) is 0. The normalized spacial score (nSPS) is 14.9. The summed E-state index contributed by atoms with van der Waals surface area (Å²) >= 11 is 1.38. The van der Waals surface area contributed by atoms with E-state index in [0.29, 0.717) is 18.1 Å². The first-order valence-electron chi connectivity index (χ1n) is 9.60. The quantitative estimate of drug-likeness (QED) is 0.464. The van der Waals surface area contributed by atoms with Gasteiger partial charge in [-0.3, -0.25) is 9.59 Å². The molecule has 1 heterocycles. The molecule has 1 aliphatic rings. The average molecular weight is 423 g/mol. The maximum atomic E-state index is 12.0. The Morgan fingerprint density at radius 2 is 1.77 bits per heavy atom. The first kappa shape index (κ1) is 20.1. The molecule has 0 bridgehead atoms. The molecule has 0 spiro atoms. The molecule has 0 aliphatic carbocycles. The molecule has 3 aromatic carbocycles. The molecule has 1 N–H and O–H groups in total. The Hall–Kier alpha value is -3.19.